The summed E-state index contributed by atoms with van der Waals surface area (Å²) in [6, 6.07) is 26.2. The Morgan fingerprint density at radius 3 is 2.36 bits per heavy atom. The highest BCUT2D eigenvalue weighted by Gasteiger charge is 2.30. The Morgan fingerprint density at radius 2 is 1.61 bits per heavy atom. The summed E-state index contributed by atoms with van der Waals surface area (Å²) >= 11 is 1.60. The summed E-state index contributed by atoms with van der Waals surface area (Å²) in [7, 11) is 0. The van der Waals surface area contributed by atoms with Gasteiger partial charge in [-0.05, 0) is 80.4 Å². The monoisotopic (exact) mass is 772 g/mol. The van der Waals surface area contributed by atoms with Gasteiger partial charge in [0.2, 0.25) is 11.8 Å². The van der Waals surface area contributed by atoms with E-state index in [1.54, 1.807) is 36.5 Å². The average molecular weight is 773 g/mol. The highest BCUT2D eigenvalue weighted by Crippen LogP contribution is 2.47. The van der Waals surface area contributed by atoms with Crippen LogP contribution in [0.2, 0.25) is 0 Å². The zero-order valence-corrected chi connectivity index (χ0v) is 32.2. The lowest BCUT2D eigenvalue weighted by Gasteiger charge is -2.34. The van der Waals surface area contributed by atoms with Crippen molar-refractivity contribution in [1.82, 2.24) is 24.7 Å². The molecule has 1 atom stereocenters. The number of piperazine rings is 1. The Hall–Kier alpha value is -5.76. The second-order valence-corrected chi connectivity index (χ2v) is 15.4. The first kappa shape index (κ1) is 37.2. The summed E-state index contributed by atoms with van der Waals surface area (Å²) in [6.07, 6.45) is 0.468. The van der Waals surface area contributed by atoms with Crippen molar-refractivity contribution in [2.75, 3.05) is 57.7 Å². The SMILES string of the molecule is Cc1ccc(-c2sc3cc(O)ccc3c2Oc2ccc(OCCN3CCN(CCNc4cccc5c(=O)n(C6CCC(=O)NC6=O)c(C)nc45)CC3)cc2)cc1. The third-order valence-electron chi connectivity index (χ3n) is 10.5. The third kappa shape index (κ3) is 7.97. The van der Waals surface area contributed by atoms with Gasteiger partial charge in [-0.2, -0.15) is 0 Å². The van der Waals surface area contributed by atoms with Gasteiger partial charge in [-0.3, -0.25) is 34.1 Å². The number of thiophene rings is 1. The number of aromatic hydroxyl groups is 1. The molecule has 2 fully saturated rings. The zero-order valence-electron chi connectivity index (χ0n) is 31.4. The largest absolute Gasteiger partial charge is 0.508 e. The second-order valence-electron chi connectivity index (χ2n) is 14.3. The molecule has 6 aromatic rings. The Morgan fingerprint density at radius 1 is 0.875 bits per heavy atom. The summed E-state index contributed by atoms with van der Waals surface area (Å²) in [6.45, 7) is 10.5. The van der Waals surface area contributed by atoms with Crippen molar-refractivity contribution in [2.45, 2.75) is 32.7 Å². The molecule has 0 bridgehead atoms. The van der Waals surface area contributed by atoms with Crippen LogP contribution in [0, 0.1) is 13.8 Å². The molecule has 4 heterocycles. The molecule has 12 nitrogen and oxygen atoms in total. The van der Waals surface area contributed by atoms with Gasteiger partial charge >= 0.3 is 0 Å². The van der Waals surface area contributed by atoms with E-state index in [0.717, 1.165) is 77.0 Å². The van der Waals surface area contributed by atoms with Gasteiger partial charge in [-0.15, -0.1) is 11.3 Å². The lowest BCUT2D eigenvalue weighted by Crippen LogP contribution is -2.48. The number of nitrogens with zero attached hydrogens (tertiary/aromatic N) is 4. The number of para-hydroxylation sites is 1. The quantitative estimate of drug-likeness (QED) is 0.119. The highest BCUT2D eigenvalue weighted by atomic mass is 32.1. The highest BCUT2D eigenvalue weighted by molar-refractivity contribution is 7.22. The van der Waals surface area contributed by atoms with Crippen LogP contribution in [0.1, 0.15) is 30.3 Å². The predicted octanol–water partition coefficient (Wildman–Crippen LogP) is 6.48. The molecule has 2 saturated heterocycles. The van der Waals surface area contributed by atoms with Crippen molar-refractivity contribution >= 4 is 49.8 Å². The standard InChI is InChI=1S/C43H44N6O6S/c1-27-6-8-29(9-7-27)41-40(33-15-10-30(50)26-37(33)56-41)55-32-13-11-31(12-14-32)54-25-24-48-22-20-47(21-23-48)19-18-44-35-5-3-4-34-39(35)45-28(2)49(43(34)53)36-16-17-38(51)46-42(36)52/h3-15,26,36,44,50H,16-25H2,1-2H3,(H,46,51,52). The number of amides is 2. The molecule has 288 valence electrons. The van der Waals surface area contributed by atoms with Gasteiger partial charge in [0, 0.05) is 62.3 Å². The number of benzene rings is 4. The lowest BCUT2D eigenvalue weighted by molar-refractivity contribution is -0.135. The van der Waals surface area contributed by atoms with Gasteiger partial charge in [0.25, 0.3) is 5.56 Å². The van der Waals surface area contributed by atoms with E-state index >= 15 is 0 Å². The molecular weight excluding hydrogens is 729 g/mol. The number of phenols is 1. The van der Waals surface area contributed by atoms with Crippen LogP contribution < -0.4 is 25.7 Å². The maximum atomic E-state index is 13.5. The fourth-order valence-electron chi connectivity index (χ4n) is 7.42. The van der Waals surface area contributed by atoms with Crippen molar-refractivity contribution in [1.29, 1.82) is 0 Å². The molecule has 1 unspecified atom stereocenters. The van der Waals surface area contributed by atoms with Crippen LogP contribution in [0.5, 0.6) is 23.0 Å². The fourth-order valence-corrected chi connectivity index (χ4v) is 8.59. The van der Waals surface area contributed by atoms with E-state index in [-0.39, 0.29) is 30.1 Å². The minimum Gasteiger partial charge on any atom is -0.508 e. The Labute approximate surface area is 328 Å². The first-order valence-corrected chi connectivity index (χ1v) is 19.8. The number of fused-ring (bicyclic) bond motifs is 2. The van der Waals surface area contributed by atoms with Gasteiger partial charge in [0.1, 0.15) is 41.2 Å². The summed E-state index contributed by atoms with van der Waals surface area (Å²) in [5.41, 5.74) is 3.34. The fraction of sp³-hybridized carbons (Fsp3) is 0.302. The van der Waals surface area contributed by atoms with Gasteiger partial charge < -0.3 is 19.9 Å². The number of nitrogens with one attached hydrogen (secondary N) is 2. The number of piperidine rings is 1. The summed E-state index contributed by atoms with van der Waals surface area (Å²) in [4.78, 5) is 48.3. The van der Waals surface area contributed by atoms with Crippen LogP contribution in [0.4, 0.5) is 5.69 Å². The molecule has 56 heavy (non-hydrogen) atoms. The maximum Gasteiger partial charge on any atom is 0.262 e. The number of anilines is 1. The number of phenolic OH excluding ortho intramolecular Hbond substituents is 1. The van der Waals surface area contributed by atoms with Crippen LogP contribution >= 0.6 is 11.3 Å². The average Bonchev–Trinajstić information content (AvgIpc) is 3.54. The van der Waals surface area contributed by atoms with Crippen LogP contribution in [-0.4, -0.2) is 88.7 Å². The van der Waals surface area contributed by atoms with Crippen LogP contribution in [0.3, 0.4) is 0 Å². The summed E-state index contributed by atoms with van der Waals surface area (Å²) in [5, 5.41) is 17.3. The third-order valence-corrected chi connectivity index (χ3v) is 11.7. The number of ether oxygens (including phenoxy) is 2. The van der Waals surface area contributed by atoms with Crippen molar-refractivity contribution < 1.29 is 24.2 Å². The molecule has 0 spiro atoms. The van der Waals surface area contributed by atoms with Gasteiger partial charge in [-0.1, -0.05) is 35.9 Å². The van der Waals surface area contributed by atoms with Crippen LogP contribution in [-0.2, 0) is 9.59 Å². The number of carbonyl (C=O) groups excluding carboxylic acids is 2. The van der Waals surface area contributed by atoms with Gasteiger partial charge in [0.05, 0.1) is 16.0 Å². The molecule has 2 amide bonds. The second kappa shape index (κ2) is 16.1. The molecule has 13 heteroatoms. The first-order valence-electron chi connectivity index (χ1n) is 19.0. The van der Waals surface area contributed by atoms with E-state index in [0.29, 0.717) is 35.6 Å². The maximum absolute atomic E-state index is 13.5. The normalized spacial score (nSPS) is 16.6. The van der Waals surface area contributed by atoms with E-state index in [2.05, 4.69) is 51.6 Å². The Kier molecular flexibility index (Phi) is 10.7. The minimum absolute atomic E-state index is 0.190. The number of carbonyl (C=O) groups is 2. The van der Waals surface area contributed by atoms with E-state index in [4.69, 9.17) is 14.5 Å². The van der Waals surface area contributed by atoms with Gasteiger partial charge in [-0.25, -0.2) is 4.98 Å². The topological polar surface area (TPSA) is 138 Å². The van der Waals surface area contributed by atoms with E-state index in [9.17, 15) is 19.5 Å². The molecule has 2 aliphatic heterocycles. The lowest BCUT2D eigenvalue weighted by atomic mass is 10.1. The van der Waals surface area contributed by atoms with Gasteiger partial charge in [0.15, 0.2) is 5.75 Å². The number of imide groups is 1. The summed E-state index contributed by atoms with van der Waals surface area (Å²) in [5.74, 6) is 2.16. The Bertz CT molecular complexity index is 2460. The molecule has 0 aliphatic carbocycles. The number of aryl methyl sites for hydroxylation is 2. The molecule has 3 N–H and O–H groups in total. The van der Waals surface area contributed by atoms with Crippen molar-refractivity contribution in [3.63, 3.8) is 0 Å². The van der Waals surface area contributed by atoms with E-state index in [1.807, 2.05) is 42.5 Å². The molecule has 4 aromatic carbocycles. The van der Waals surface area contributed by atoms with Crippen molar-refractivity contribution in [3.8, 4) is 33.4 Å². The first-order chi connectivity index (χ1) is 27.2. The number of aromatic nitrogens is 2. The molecule has 2 aliphatic rings. The molecule has 0 radical (unpaired) electrons. The molecule has 8 rings (SSSR count). The van der Waals surface area contributed by atoms with Crippen LogP contribution in [0.15, 0.2) is 89.7 Å². The molecule has 2 aromatic heterocycles. The van der Waals surface area contributed by atoms with Crippen molar-refractivity contribution in [3.05, 3.63) is 107 Å². The number of hydrogen-bond donors (Lipinski definition) is 3. The van der Waals surface area contributed by atoms with E-state index < -0.39 is 11.9 Å². The van der Waals surface area contributed by atoms with Crippen molar-refractivity contribution in [2.24, 2.45) is 0 Å². The zero-order chi connectivity index (χ0) is 38.8. The van der Waals surface area contributed by atoms with E-state index in [1.165, 1.54) is 10.1 Å². The molecular formula is C43H44N6O6S. The predicted molar refractivity (Wildman–Crippen MR) is 219 cm³/mol. The number of hydrogen-bond acceptors (Lipinski definition) is 11. The van der Waals surface area contributed by atoms with Crippen LogP contribution in [0.25, 0.3) is 31.4 Å². The smallest absolute Gasteiger partial charge is 0.262 e. The molecule has 0 saturated carbocycles. The summed E-state index contributed by atoms with van der Waals surface area (Å²) < 4.78 is 15.0. The minimum atomic E-state index is -0.748. The number of rotatable bonds is 12. The Balaban J connectivity index is 0.805.